The summed E-state index contributed by atoms with van der Waals surface area (Å²) in [4.78, 5) is 12.6. The lowest BCUT2D eigenvalue weighted by Crippen LogP contribution is -2.36. The number of hydrogen-bond donors (Lipinski definition) is 1. The van der Waals surface area contributed by atoms with Crippen LogP contribution in [0.25, 0.3) is 0 Å². The van der Waals surface area contributed by atoms with E-state index in [1.165, 1.54) is 4.31 Å². The van der Waals surface area contributed by atoms with Gasteiger partial charge in [0.05, 0.1) is 4.90 Å². The van der Waals surface area contributed by atoms with E-state index in [-0.39, 0.29) is 24.0 Å². The van der Waals surface area contributed by atoms with E-state index in [1.54, 1.807) is 48.5 Å². The zero-order valence-electron chi connectivity index (χ0n) is 17.5. The maximum atomic E-state index is 13.0. The summed E-state index contributed by atoms with van der Waals surface area (Å²) >= 11 is 6.01. The number of carbonyl (C=O) groups is 1. The summed E-state index contributed by atoms with van der Waals surface area (Å²) in [5.74, 6) is 0.261. The summed E-state index contributed by atoms with van der Waals surface area (Å²) in [7, 11) is -3.57. The fourth-order valence-electron chi connectivity index (χ4n) is 3.61. The minimum absolute atomic E-state index is 0.146. The van der Waals surface area contributed by atoms with Gasteiger partial charge >= 0.3 is 0 Å². The van der Waals surface area contributed by atoms with Crippen molar-refractivity contribution in [2.45, 2.75) is 24.8 Å². The molecule has 0 spiro atoms. The summed E-state index contributed by atoms with van der Waals surface area (Å²) in [5.41, 5.74) is 3.43. The molecule has 1 aliphatic rings. The molecule has 0 unspecified atom stereocenters. The van der Waals surface area contributed by atoms with Gasteiger partial charge in [-0.3, -0.25) is 4.79 Å². The molecule has 0 saturated carbocycles. The third-order valence-electron chi connectivity index (χ3n) is 5.35. The van der Waals surface area contributed by atoms with Crippen LogP contribution >= 0.6 is 11.6 Å². The molecule has 3 aromatic carbocycles. The summed E-state index contributed by atoms with van der Waals surface area (Å²) in [6, 6.07) is 19.2. The highest BCUT2D eigenvalue weighted by Gasteiger charge is 2.28. The number of halogens is 1. The van der Waals surface area contributed by atoms with Crippen molar-refractivity contribution >= 4 is 33.2 Å². The number of benzene rings is 3. The van der Waals surface area contributed by atoms with Crippen LogP contribution in [0.2, 0.25) is 5.02 Å². The molecule has 4 rings (SSSR count). The van der Waals surface area contributed by atoms with E-state index in [0.717, 1.165) is 16.7 Å². The smallest absolute Gasteiger partial charge is 0.262 e. The molecule has 0 radical (unpaired) electrons. The van der Waals surface area contributed by atoms with Crippen LogP contribution in [0.1, 0.15) is 16.7 Å². The van der Waals surface area contributed by atoms with E-state index >= 15 is 0 Å². The lowest BCUT2D eigenvalue weighted by Gasteiger charge is -2.28. The number of amides is 1. The van der Waals surface area contributed by atoms with Gasteiger partial charge in [-0.25, -0.2) is 8.42 Å². The number of fused-ring (bicyclic) bond motifs is 1. The zero-order chi connectivity index (χ0) is 22.7. The van der Waals surface area contributed by atoms with E-state index in [2.05, 4.69) is 5.32 Å². The molecule has 0 bridgehead atoms. The third kappa shape index (κ3) is 4.96. The van der Waals surface area contributed by atoms with Crippen LogP contribution in [0.3, 0.4) is 0 Å². The average molecular weight is 471 g/mol. The first kappa shape index (κ1) is 22.3. The van der Waals surface area contributed by atoms with Gasteiger partial charge in [-0.2, -0.15) is 4.31 Å². The van der Waals surface area contributed by atoms with Gasteiger partial charge in [0.2, 0.25) is 10.0 Å². The molecule has 0 aliphatic carbocycles. The first-order valence-electron chi connectivity index (χ1n) is 10.2. The van der Waals surface area contributed by atoms with Gasteiger partial charge in [-0.05, 0) is 72.5 Å². The van der Waals surface area contributed by atoms with Gasteiger partial charge in [-0.15, -0.1) is 0 Å². The Hall–Kier alpha value is -2.87. The highest BCUT2D eigenvalue weighted by molar-refractivity contribution is 7.89. The van der Waals surface area contributed by atoms with Crippen LogP contribution in [0.5, 0.6) is 5.75 Å². The lowest BCUT2D eigenvalue weighted by molar-refractivity contribution is -0.118. The minimum atomic E-state index is -3.57. The maximum absolute atomic E-state index is 13.0. The lowest BCUT2D eigenvalue weighted by atomic mass is 10.0. The maximum Gasteiger partial charge on any atom is 0.262 e. The molecule has 32 heavy (non-hydrogen) atoms. The topological polar surface area (TPSA) is 75.7 Å². The van der Waals surface area contributed by atoms with Crippen LogP contribution in [0.4, 0.5) is 5.69 Å². The molecule has 8 heteroatoms. The first-order valence-corrected chi connectivity index (χ1v) is 12.0. The number of nitrogens with one attached hydrogen (secondary N) is 1. The van der Waals surface area contributed by atoms with Gasteiger partial charge in [-0.1, -0.05) is 35.9 Å². The summed E-state index contributed by atoms with van der Waals surface area (Å²) in [5, 5.41) is 3.45. The Kier molecular flexibility index (Phi) is 6.50. The van der Waals surface area contributed by atoms with Gasteiger partial charge in [0.25, 0.3) is 5.91 Å². The Morgan fingerprint density at radius 2 is 1.84 bits per heavy atom. The highest BCUT2D eigenvalue weighted by atomic mass is 35.5. The average Bonchev–Trinajstić information content (AvgIpc) is 2.80. The van der Waals surface area contributed by atoms with Gasteiger partial charge in [0, 0.05) is 23.8 Å². The number of aryl methyl sites for hydroxylation is 1. The molecular weight excluding hydrogens is 448 g/mol. The van der Waals surface area contributed by atoms with Crippen molar-refractivity contribution in [3.05, 3.63) is 88.4 Å². The second kappa shape index (κ2) is 9.32. The molecule has 0 saturated heterocycles. The van der Waals surface area contributed by atoms with E-state index in [0.29, 0.717) is 29.4 Å². The van der Waals surface area contributed by atoms with Gasteiger partial charge in [0.15, 0.2) is 6.61 Å². The SMILES string of the molecule is Cc1cc(OCC(=O)Nc2ccc3c(c2)CN(S(=O)(=O)c2ccccc2)CC3)ccc1Cl. The number of rotatable bonds is 6. The van der Waals surface area contributed by atoms with Crippen LogP contribution in [0.15, 0.2) is 71.6 Å². The predicted molar refractivity (Wildman–Crippen MR) is 124 cm³/mol. The Bertz CT molecular complexity index is 1250. The van der Waals surface area contributed by atoms with Crippen LogP contribution in [0, 0.1) is 6.92 Å². The van der Waals surface area contributed by atoms with Crippen molar-refractivity contribution < 1.29 is 17.9 Å². The van der Waals surface area contributed by atoms with Crippen molar-refractivity contribution in [1.29, 1.82) is 0 Å². The molecule has 0 fully saturated rings. The van der Waals surface area contributed by atoms with Crippen molar-refractivity contribution in [2.24, 2.45) is 0 Å². The number of sulfonamides is 1. The quantitative estimate of drug-likeness (QED) is 0.579. The normalized spacial score (nSPS) is 13.9. The summed E-state index contributed by atoms with van der Waals surface area (Å²) < 4.78 is 32.9. The number of ether oxygens (including phenoxy) is 1. The van der Waals surface area contributed by atoms with Crippen molar-refractivity contribution in [1.82, 2.24) is 4.31 Å². The van der Waals surface area contributed by atoms with Crippen LogP contribution < -0.4 is 10.1 Å². The standard InChI is InChI=1S/C24H23ClN2O4S/c1-17-13-21(9-10-23(17)25)31-16-24(28)26-20-8-7-18-11-12-27(15-19(18)14-20)32(29,30)22-5-3-2-4-6-22/h2-10,13-14H,11-12,15-16H2,1H3,(H,26,28). The second-order valence-corrected chi connectivity index (χ2v) is 9.98. The van der Waals surface area contributed by atoms with E-state index in [1.807, 2.05) is 25.1 Å². The highest BCUT2D eigenvalue weighted by Crippen LogP contribution is 2.27. The Labute approximate surface area is 192 Å². The monoisotopic (exact) mass is 470 g/mol. The number of anilines is 1. The van der Waals surface area contributed by atoms with Crippen LogP contribution in [-0.4, -0.2) is 31.8 Å². The summed E-state index contributed by atoms with van der Waals surface area (Å²) in [6.07, 6.45) is 0.620. The van der Waals surface area contributed by atoms with Crippen LogP contribution in [-0.2, 0) is 27.8 Å². The minimum Gasteiger partial charge on any atom is -0.484 e. The number of nitrogens with zero attached hydrogens (tertiary/aromatic N) is 1. The molecule has 166 valence electrons. The third-order valence-corrected chi connectivity index (χ3v) is 7.63. The fourth-order valence-corrected chi connectivity index (χ4v) is 5.17. The predicted octanol–water partition coefficient (Wildman–Crippen LogP) is 4.41. The van der Waals surface area contributed by atoms with E-state index < -0.39 is 10.0 Å². The van der Waals surface area contributed by atoms with Gasteiger partial charge in [0.1, 0.15) is 5.75 Å². The molecule has 1 N–H and O–H groups in total. The fraction of sp³-hybridized carbons (Fsp3) is 0.208. The van der Waals surface area contributed by atoms with E-state index in [9.17, 15) is 13.2 Å². The first-order chi connectivity index (χ1) is 15.3. The molecule has 1 aliphatic heterocycles. The van der Waals surface area contributed by atoms with Crippen molar-refractivity contribution in [3.63, 3.8) is 0 Å². The molecule has 3 aromatic rings. The molecule has 0 aromatic heterocycles. The van der Waals surface area contributed by atoms with Crippen molar-refractivity contribution in [2.75, 3.05) is 18.5 Å². The number of carbonyl (C=O) groups excluding carboxylic acids is 1. The summed E-state index contributed by atoms with van der Waals surface area (Å²) in [6.45, 7) is 2.40. The van der Waals surface area contributed by atoms with E-state index in [4.69, 9.17) is 16.3 Å². The Balaban J connectivity index is 1.42. The Morgan fingerprint density at radius 1 is 1.06 bits per heavy atom. The second-order valence-electron chi connectivity index (χ2n) is 7.63. The largest absolute Gasteiger partial charge is 0.484 e. The molecule has 6 nitrogen and oxygen atoms in total. The Morgan fingerprint density at radius 3 is 2.59 bits per heavy atom. The number of hydrogen-bond acceptors (Lipinski definition) is 4. The van der Waals surface area contributed by atoms with Crippen molar-refractivity contribution in [3.8, 4) is 5.75 Å². The molecular formula is C24H23ClN2O4S. The van der Waals surface area contributed by atoms with Gasteiger partial charge < -0.3 is 10.1 Å². The molecule has 1 amide bonds. The zero-order valence-corrected chi connectivity index (χ0v) is 19.1. The molecule has 0 atom stereocenters. The molecule has 1 heterocycles.